The number of hydrogen-bond donors (Lipinski definition) is 2. The molecule has 100 valence electrons. The van der Waals surface area contributed by atoms with E-state index in [4.69, 9.17) is 19.5 Å². The first-order valence-corrected chi connectivity index (χ1v) is 6.21. The summed E-state index contributed by atoms with van der Waals surface area (Å²) < 4.78 is 11.1. The van der Waals surface area contributed by atoms with E-state index < -0.39 is 7.12 Å². The molecule has 0 saturated heterocycles. The van der Waals surface area contributed by atoms with E-state index in [-0.39, 0.29) is 6.10 Å². The lowest BCUT2D eigenvalue weighted by Gasteiger charge is -2.16. The van der Waals surface area contributed by atoms with Crippen molar-refractivity contribution in [2.75, 3.05) is 13.2 Å². The molecule has 0 heterocycles. The minimum Gasteiger partial charge on any atom is -0.491 e. The molecule has 1 aromatic carbocycles. The number of ether oxygens (including phenoxy) is 2. The molecule has 1 atom stereocenters. The van der Waals surface area contributed by atoms with E-state index >= 15 is 0 Å². The summed E-state index contributed by atoms with van der Waals surface area (Å²) in [5, 5.41) is 18.1. The average Bonchev–Trinajstić information content (AvgIpc) is 2.34. The zero-order chi connectivity index (χ0) is 13.5. The molecule has 1 aromatic rings. The third-order valence-corrected chi connectivity index (χ3v) is 2.83. The molecule has 0 spiro atoms. The van der Waals surface area contributed by atoms with Crippen molar-refractivity contribution in [3.8, 4) is 5.75 Å². The summed E-state index contributed by atoms with van der Waals surface area (Å²) in [4.78, 5) is 0. The van der Waals surface area contributed by atoms with Crippen molar-refractivity contribution in [2.24, 2.45) is 5.92 Å². The van der Waals surface area contributed by atoms with Gasteiger partial charge in [0, 0.05) is 0 Å². The minimum absolute atomic E-state index is 0.208. The van der Waals surface area contributed by atoms with Crippen LogP contribution in [0, 0.1) is 5.92 Å². The van der Waals surface area contributed by atoms with E-state index in [0.29, 0.717) is 30.3 Å². The molecule has 0 saturated carbocycles. The first-order valence-electron chi connectivity index (χ1n) is 6.21. The average molecular weight is 252 g/mol. The van der Waals surface area contributed by atoms with Crippen molar-refractivity contribution < 1.29 is 19.5 Å². The lowest BCUT2D eigenvalue weighted by molar-refractivity contribution is 0.0188. The van der Waals surface area contributed by atoms with E-state index in [0.717, 1.165) is 0 Å². The summed E-state index contributed by atoms with van der Waals surface area (Å²) in [6.07, 6.45) is 0.208. The molecule has 4 nitrogen and oxygen atoms in total. The normalized spacial score (nSPS) is 12.6. The lowest BCUT2D eigenvalue weighted by atomic mass is 9.80. The molecule has 0 aromatic heterocycles. The van der Waals surface area contributed by atoms with Gasteiger partial charge in [-0.25, -0.2) is 0 Å². The Hall–Kier alpha value is -1.04. The van der Waals surface area contributed by atoms with Crippen LogP contribution in [0.5, 0.6) is 5.75 Å². The SMILES string of the molecule is CC(C)C(C)OCCOc1cccc(B(O)O)c1. The Balaban J connectivity index is 2.33. The van der Waals surface area contributed by atoms with Crippen LogP contribution < -0.4 is 10.2 Å². The summed E-state index contributed by atoms with van der Waals surface area (Å²) in [5.74, 6) is 1.10. The summed E-state index contributed by atoms with van der Waals surface area (Å²) >= 11 is 0. The highest BCUT2D eigenvalue weighted by atomic mass is 16.5. The molecule has 0 amide bonds. The van der Waals surface area contributed by atoms with Crippen molar-refractivity contribution in [1.82, 2.24) is 0 Å². The zero-order valence-electron chi connectivity index (χ0n) is 11.2. The second kappa shape index (κ2) is 7.41. The first-order chi connectivity index (χ1) is 8.50. The van der Waals surface area contributed by atoms with Crippen LogP contribution in [-0.2, 0) is 4.74 Å². The van der Waals surface area contributed by atoms with Crippen LogP contribution in [0.3, 0.4) is 0 Å². The largest absolute Gasteiger partial charge is 0.491 e. The second-order valence-corrected chi connectivity index (χ2v) is 4.61. The molecule has 0 radical (unpaired) electrons. The second-order valence-electron chi connectivity index (χ2n) is 4.61. The monoisotopic (exact) mass is 252 g/mol. The maximum atomic E-state index is 9.03. The van der Waals surface area contributed by atoms with E-state index in [9.17, 15) is 0 Å². The van der Waals surface area contributed by atoms with Gasteiger partial charge in [0.25, 0.3) is 0 Å². The van der Waals surface area contributed by atoms with Crippen molar-refractivity contribution in [1.29, 1.82) is 0 Å². The fourth-order valence-electron chi connectivity index (χ4n) is 1.35. The van der Waals surface area contributed by atoms with Gasteiger partial charge in [-0.1, -0.05) is 26.0 Å². The van der Waals surface area contributed by atoms with Crippen molar-refractivity contribution in [2.45, 2.75) is 26.9 Å². The lowest BCUT2D eigenvalue weighted by Crippen LogP contribution is -2.29. The van der Waals surface area contributed by atoms with E-state index in [1.807, 2.05) is 6.92 Å². The third kappa shape index (κ3) is 5.08. The standard InChI is InChI=1S/C13H21BO4/c1-10(2)11(3)17-7-8-18-13-6-4-5-12(9-13)14(15)16/h4-6,9-11,15-16H,7-8H2,1-3H3. The molecule has 2 N–H and O–H groups in total. The van der Waals surface area contributed by atoms with Crippen molar-refractivity contribution in [3.63, 3.8) is 0 Å². The number of rotatable bonds is 7. The predicted octanol–water partition coefficient (Wildman–Crippen LogP) is 0.806. The van der Waals surface area contributed by atoms with E-state index in [1.54, 1.807) is 24.3 Å². The van der Waals surface area contributed by atoms with Gasteiger partial charge >= 0.3 is 7.12 Å². The Labute approximate surface area is 109 Å². The fraction of sp³-hybridized carbons (Fsp3) is 0.538. The maximum absolute atomic E-state index is 9.03. The topological polar surface area (TPSA) is 58.9 Å². The van der Waals surface area contributed by atoms with Crippen LogP contribution in [0.4, 0.5) is 0 Å². The summed E-state index contributed by atoms with van der Waals surface area (Å²) in [6.45, 7) is 7.22. The molecule has 18 heavy (non-hydrogen) atoms. The summed E-state index contributed by atoms with van der Waals surface area (Å²) in [6, 6.07) is 6.74. The molecular weight excluding hydrogens is 231 g/mol. The molecule has 0 aliphatic rings. The molecule has 1 rings (SSSR count). The molecule has 0 aliphatic heterocycles. The van der Waals surface area contributed by atoms with Gasteiger partial charge in [-0.05, 0) is 30.4 Å². The number of hydrogen-bond acceptors (Lipinski definition) is 4. The Bertz CT molecular complexity index is 355. The Morgan fingerprint density at radius 3 is 2.50 bits per heavy atom. The minimum atomic E-state index is -1.47. The van der Waals surface area contributed by atoms with Crippen molar-refractivity contribution >= 4 is 12.6 Å². The van der Waals surface area contributed by atoms with Gasteiger partial charge in [-0.3, -0.25) is 0 Å². The van der Waals surface area contributed by atoms with E-state index in [1.165, 1.54) is 0 Å². The molecule has 5 heteroatoms. The van der Waals surface area contributed by atoms with Crippen LogP contribution >= 0.6 is 0 Å². The van der Waals surface area contributed by atoms with Gasteiger partial charge in [0.15, 0.2) is 0 Å². The van der Waals surface area contributed by atoms with Crippen LogP contribution in [0.25, 0.3) is 0 Å². The Morgan fingerprint density at radius 2 is 1.89 bits per heavy atom. The molecular formula is C13H21BO4. The van der Waals surface area contributed by atoms with Gasteiger partial charge < -0.3 is 19.5 Å². The van der Waals surface area contributed by atoms with Crippen LogP contribution in [-0.4, -0.2) is 36.5 Å². The summed E-state index contributed by atoms with van der Waals surface area (Å²) in [7, 11) is -1.47. The summed E-state index contributed by atoms with van der Waals surface area (Å²) in [5.41, 5.74) is 0.420. The maximum Gasteiger partial charge on any atom is 0.488 e. The Morgan fingerprint density at radius 1 is 1.17 bits per heavy atom. The quantitative estimate of drug-likeness (QED) is 0.557. The highest BCUT2D eigenvalue weighted by Crippen LogP contribution is 2.08. The van der Waals surface area contributed by atoms with Crippen LogP contribution in [0.15, 0.2) is 24.3 Å². The fourth-order valence-corrected chi connectivity index (χ4v) is 1.35. The smallest absolute Gasteiger partial charge is 0.488 e. The highest BCUT2D eigenvalue weighted by molar-refractivity contribution is 6.58. The van der Waals surface area contributed by atoms with Crippen molar-refractivity contribution in [3.05, 3.63) is 24.3 Å². The van der Waals surface area contributed by atoms with Crippen LogP contribution in [0.1, 0.15) is 20.8 Å². The third-order valence-electron chi connectivity index (χ3n) is 2.83. The first kappa shape index (κ1) is 15.0. The molecule has 0 aliphatic carbocycles. The van der Waals surface area contributed by atoms with Gasteiger partial charge in [-0.15, -0.1) is 0 Å². The van der Waals surface area contributed by atoms with Crippen LogP contribution in [0.2, 0.25) is 0 Å². The van der Waals surface area contributed by atoms with Gasteiger partial charge in [0.1, 0.15) is 12.4 Å². The Kier molecular flexibility index (Phi) is 6.19. The molecule has 0 fully saturated rings. The highest BCUT2D eigenvalue weighted by Gasteiger charge is 2.11. The van der Waals surface area contributed by atoms with Gasteiger partial charge in [-0.2, -0.15) is 0 Å². The molecule has 1 unspecified atom stereocenters. The van der Waals surface area contributed by atoms with Gasteiger partial charge in [0.05, 0.1) is 12.7 Å². The van der Waals surface area contributed by atoms with Gasteiger partial charge in [0.2, 0.25) is 0 Å². The molecule has 0 bridgehead atoms. The zero-order valence-corrected chi connectivity index (χ0v) is 11.2. The predicted molar refractivity (Wildman–Crippen MR) is 72.0 cm³/mol. The van der Waals surface area contributed by atoms with E-state index in [2.05, 4.69) is 13.8 Å². The number of benzene rings is 1.